The van der Waals surface area contributed by atoms with Gasteiger partial charge in [0.25, 0.3) is 5.91 Å². The van der Waals surface area contributed by atoms with Crippen molar-refractivity contribution in [3.8, 4) is 5.75 Å². The van der Waals surface area contributed by atoms with Crippen LogP contribution in [0.25, 0.3) is 0 Å². The van der Waals surface area contributed by atoms with Crippen LogP contribution in [0.4, 0.5) is 35.1 Å². The summed E-state index contributed by atoms with van der Waals surface area (Å²) < 4.78 is 110. The minimum atomic E-state index is -5.28. The van der Waals surface area contributed by atoms with Crippen LogP contribution in [0, 0.1) is 11.6 Å². The number of aromatic amines is 1. The van der Waals surface area contributed by atoms with Crippen LogP contribution in [-0.2, 0) is 0 Å². The molecule has 3 rings (SSSR count). The number of ether oxygens (including phenoxy) is 1. The minimum absolute atomic E-state index is 0.302. The molecular weight excluding hydrogens is 522 g/mol. The highest BCUT2D eigenvalue weighted by Gasteiger charge is 2.43. The molecule has 0 fully saturated rings. The molecule has 2 atom stereocenters. The van der Waals surface area contributed by atoms with E-state index in [1.54, 1.807) is 0 Å². The quantitative estimate of drug-likeness (QED) is 0.443. The van der Waals surface area contributed by atoms with E-state index in [1.807, 2.05) is 0 Å². The van der Waals surface area contributed by atoms with Gasteiger partial charge in [-0.2, -0.15) is 13.2 Å². The Kier molecular flexibility index (Phi) is 7.86. The number of alkyl halides is 6. The number of amides is 1. The summed E-state index contributed by atoms with van der Waals surface area (Å²) in [4.78, 5) is 30.8. The van der Waals surface area contributed by atoms with Gasteiger partial charge in [-0.15, -0.1) is 13.2 Å². The lowest BCUT2D eigenvalue weighted by atomic mass is 9.98. The third kappa shape index (κ3) is 6.81. The fourth-order valence-electron chi connectivity index (χ4n) is 3.28. The second kappa shape index (κ2) is 10.5. The SMILES string of the molecule is O=C(c1ccc(=O)[nH]c1)N(C[C@H](O)C(F)(F)F)[C@@H](c1ccc(OC(F)(F)F)c(F)c1)c1ncccc1F. The number of aliphatic hydroxyl groups excluding tert-OH is 1. The molecule has 0 saturated heterocycles. The Morgan fingerprint density at radius 2 is 1.76 bits per heavy atom. The highest BCUT2D eigenvalue weighted by molar-refractivity contribution is 5.94. The van der Waals surface area contributed by atoms with Gasteiger partial charge >= 0.3 is 12.5 Å². The Balaban J connectivity index is 2.21. The summed E-state index contributed by atoms with van der Waals surface area (Å²) >= 11 is 0. The molecule has 0 aliphatic carbocycles. The molecule has 0 unspecified atom stereocenters. The molecule has 0 radical (unpaired) electrons. The van der Waals surface area contributed by atoms with E-state index in [0.717, 1.165) is 42.7 Å². The Morgan fingerprint density at radius 1 is 1.05 bits per heavy atom. The zero-order chi connectivity index (χ0) is 27.5. The minimum Gasteiger partial charge on any atom is -0.403 e. The summed E-state index contributed by atoms with van der Waals surface area (Å²) in [5.74, 6) is -5.38. The van der Waals surface area contributed by atoms with Gasteiger partial charge in [0, 0.05) is 18.5 Å². The number of benzene rings is 1. The molecule has 1 aromatic carbocycles. The smallest absolute Gasteiger partial charge is 0.403 e. The summed E-state index contributed by atoms with van der Waals surface area (Å²) in [6.07, 6.45) is -11.9. The standard InChI is InChI=1S/C22H15F8N3O4/c23-13-2-1-7-31-18(13)19(11-3-5-15(14(24)8-11)37-22(28,29)30)33(10-16(34)21(25,26)27)20(36)12-4-6-17(35)32-9-12/h1-9,16,19,34H,10H2,(H,32,35)/t16-,19-/m0/s1. The molecule has 0 spiro atoms. The van der Waals surface area contributed by atoms with Crippen LogP contribution in [0.2, 0.25) is 0 Å². The second-order valence-corrected chi connectivity index (χ2v) is 7.47. The summed E-state index contributed by atoms with van der Waals surface area (Å²) in [5, 5.41) is 9.72. The van der Waals surface area contributed by atoms with E-state index in [1.165, 1.54) is 0 Å². The van der Waals surface area contributed by atoms with Crippen molar-refractivity contribution in [3.63, 3.8) is 0 Å². The lowest BCUT2D eigenvalue weighted by Crippen LogP contribution is -2.46. The molecule has 15 heteroatoms. The first kappa shape index (κ1) is 27.6. The van der Waals surface area contributed by atoms with Crippen molar-refractivity contribution in [1.82, 2.24) is 14.9 Å². The maximum Gasteiger partial charge on any atom is 0.573 e. The van der Waals surface area contributed by atoms with Gasteiger partial charge in [0.1, 0.15) is 17.6 Å². The topological polar surface area (TPSA) is 95.5 Å². The third-order valence-corrected chi connectivity index (χ3v) is 4.89. The lowest BCUT2D eigenvalue weighted by Gasteiger charge is -2.34. The molecule has 37 heavy (non-hydrogen) atoms. The molecule has 0 aliphatic heterocycles. The van der Waals surface area contributed by atoms with E-state index in [-0.39, 0.29) is 0 Å². The number of nitrogens with one attached hydrogen (secondary N) is 1. The first-order chi connectivity index (χ1) is 17.2. The Hall–Kier alpha value is -4.01. The molecule has 0 bridgehead atoms. The molecule has 2 N–H and O–H groups in total. The van der Waals surface area contributed by atoms with Crippen LogP contribution in [0.1, 0.15) is 27.7 Å². The molecule has 2 heterocycles. The van der Waals surface area contributed by atoms with Crippen molar-refractivity contribution >= 4 is 5.91 Å². The Bertz CT molecular complexity index is 1310. The van der Waals surface area contributed by atoms with Crippen LogP contribution in [0.15, 0.2) is 59.7 Å². The number of carbonyl (C=O) groups excluding carboxylic acids is 1. The van der Waals surface area contributed by atoms with E-state index < -0.39 is 76.9 Å². The lowest BCUT2D eigenvalue weighted by molar-refractivity contribution is -0.275. The van der Waals surface area contributed by atoms with Gasteiger partial charge < -0.3 is 19.7 Å². The number of hydrogen-bond acceptors (Lipinski definition) is 5. The van der Waals surface area contributed by atoms with Gasteiger partial charge in [0.2, 0.25) is 5.56 Å². The predicted molar refractivity (Wildman–Crippen MR) is 109 cm³/mol. The fourth-order valence-corrected chi connectivity index (χ4v) is 3.28. The number of nitrogens with zero attached hydrogens (tertiary/aromatic N) is 2. The maximum atomic E-state index is 14.8. The average Bonchev–Trinajstić information content (AvgIpc) is 2.80. The van der Waals surface area contributed by atoms with Crippen molar-refractivity contribution in [1.29, 1.82) is 0 Å². The number of hydrogen-bond donors (Lipinski definition) is 2. The number of pyridine rings is 2. The first-order valence-electron chi connectivity index (χ1n) is 10.1. The van der Waals surface area contributed by atoms with E-state index in [4.69, 9.17) is 0 Å². The van der Waals surface area contributed by atoms with Crippen LogP contribution >= 0.6 is 0 Å². The molecule has 0 saturated carbocycles. The first-order valence-corrected chi connectivity index (χ1v) is 10.1. The van der Waals surface area contributed by atoms with Gasteiger partial charge in [-0.1, -0.05) is 6.07 Å². The second-order valence-electron chi connectivity index (χ2n) is 7.47. The number of rotatable bonds is 7. The van der Waals surface area contributed by atoms with Crippen LogP contribution in [0.5, 0.6) is 5.75 Å². The van der Waals surface area contributed by atoms with Crippen LogP contribution < -0.4 is 10.3 Å². The third-order valence-electron chi connectivity index (χ3n) is 4.89. The summed E-state index contributed by atoms with van der Waals surface area (Å²) in [7, 11) is 0. The zero-order valence-electron chi connectivity index (χ0n) is 18.1. The summed E-state index contributed by atoms with van der Waals surface area (Å²) in [6.45, 7) is -1.52. The van der Waals surface area contributed by atoms with E-state index >= 15 is 0 Å². The zero-order valence-corrected chi connectivity index (χ0v) is 18.1. The maximum absolute atomic E-state index is 14.8. The van der Waals surface area contributed by atoms with Gasteiger partial charge in [-0.05, 0) is 35.9 Å². The summed E-state index contributed by atoms with van der Waals surface area (Å²) in [5.41, 5.74) is -2.30. The number of carbonyl (C=O) groups is 1. The van der Waals surface area contributed by atoms with Crippen molar-refractivity contribution < 1.29 is 49.8 Å². The van der Waals surface area contributed by atoms with Crippen molar-refractivity contribution in [2.24, 2.45) is 0 Å². The van der Waals surface area contributed by atoms with Crippen molar-refractivity contribution in [3.05, 3.63) is 93.7 Å². The van der Waals surface area contributed by atoms with Crippen molar-refractivity contribution in [2.45, 2.75) is 24.7 Å². The number of H-pyrrole nitrogens is 1. The van der Waals surface area contributed by atoms with Crippen LogP contribution in [-0.4, -0.2) is 51.1 Å². The molecule has 1 amide bonds. The van der Waals surface area contributed by atoms with E-state index in [2.05, 4.69) is 14.7 Å². The molecule has 3 aromatic rings. The highest BCUT2D eigenvalue weighted by Crippen LogP contribution is 2.35. The van der Waals surface area contributed by atoms with Gasteiger partial charge in [-0.3, -0.25) is 14.6 Å². The largest absolute Gasteiger partial charge is 0.573 e. The van der Waals surface area contributed by atoms with Crippen LogP contribution in [0.3, 0.4) is 0 Å². The number of aromatic nitrogens is 2. The number of halogens is 8. The van der Waals surface area contributed by atoms with E-state index in [0.29, 0.717) is 17.0 Å². The fraction of sp³-hybridized carbons (Fsp3) is 0.227. The highest BCUT2D eigenvalue weighted by atomic mass is 19.4. The molecular formula is C22H15F8N3O4. The average molecular weight is 537 g/mol. The normalized spacial score (nSPS) is 13.6. The molecule has 7 nitrogen and oxygen atoms in total. The predicted octanol–water partition coefficient (Wildman–Crippen LogP) is 4.10. The van der Waals surface area contributed by atoms with Gasteiger partial charge in [-0.25, -0.2) is 8.78 Å². The molecule has 2 aromatic heterocycles. The summed E-state index contributed by atoms with van der Waals surface area (Å²) in [6, 6.07) is 3.39. The molecule has 0 aliphatic rings. The molecule has 198 valence electrons. The Morgan fingerprint density at radius 3 is 2.30 bits per heavy atom. The van der Waals surface area contributed by atoms with Gasteiger partial charge in [0.05, 0.1) is 12.1 Å². The monoisotopic (exact) mass is 537 g/mol. The van der Waals surface area contributed by atoms with Gasteiger partial charge in [0.15, 0.2) is 17.7 Å². The number of aliphatic hydroxyl groups is 1. The van der Waals surface area contributed by atoms with E-state index in [9.17, 15) is 49.8 Å². The van der Waals surface area contributed by atoms with Crippen molar-refractivity contribution in [2.75, 3.05) is 6.54 Å². The Labute approximate surface area is 201 Å².